The number of methoxy groups -OCH3 is 1. The van der Waals surface area contributed by atoms with Gasteiger partial charge in [0, 0.05) is 11.1 Å². The summed E-state index contributed by atoms with van der Waals surface area (Å²) in [7, 11) is -2.55. The number of unbranched alkanes of at least 4 members (excludes halogenated alkanes) is 1. The van der Waals surface area contributed by atoms with Crippen LogP contribution in [-0.4, -0.2) is 48.5 Å². The average Bonchev–Trinajstić information content (AvgIpc) is 2.99. The van der Waals surface area contributed by atoms with Crippen molar-refractivity contribution >= 4 is 27.3 Å². The molecule has 3 rings (SSSR count). The third-order valence-electron chi connectivity index (χ3n) is 7.89. The van der Waals surface area contributed by atoms with Crippen molar-refractivity contribution in [3.8, 4) is 5.75 Å². The molecule has 0 radical (unpaired) electrons. The van der Waals surface area contributed by atoms with Crippen LogP contribution in [0.2, 0.25) is 0 Å². The number of rotatable bonds is 11. The Kier molecular flexibility index (Phi) is 9.61. The van der Waals surface area contributed by atoms with Crippen LogP contribution < -0.4 is 10.1 Å². The monoisotopic (exact) mass is 557 g/mol. The molecule has 0 fully saturated rings. The number of carbonyl (C=O) groups is 2. The number of aliphatic carboxylic acids is 2. The van der Waals surface area contributed by atoms with Gasteiger partial charge in [-0.05, 0) is 54.5 Å². The Labute approximate surface area is 231 Å². The van der Waals surface area contributed by atoms with E-state index in [1.807, 2.05) is 44.2 Å². The Balaban J connectivity index is 2.49. The predicted molar refractivity (Wildman–Crippen MR) is 151 cm³/mol. The van der Waals surface area contributed by atoms with Crippen molar-refractivity contribution in [3.05, 3.63) is 64.7 Å². The Morgan fingerprint density at radius 3 is 2.15 bits per heavy atom. The molecule has 0 spiro atoms. The molecule has 3 atom stereocenters. The van der Waals surface area contributed by atoms with E-state index in [2.05, 4.69) is 12.2 Å². The van der Waals surface area contributed by atoms with Crippen LogP contribution in [0.3, 0.4) is 0 Å². The summed E-state index contributed by atoms with van der Waals surface area (Å²) in [6.45, 7) is 7.60. The molecule has 2 aromatic carbocycles. The van der Waals surface area contributed by atoms with Gasteiger partial charge in [0.05, 0.1) is 23.3 Å². The Morgan fingerprint density at radius 1 is 1.03 bits per heavy atom. The lowest BCUT2D eigenvalue weighted by atomic mass is 9.82. The minimum atomic E-state index is -3.95. The highest BCUT2D eigenvalue weighted by atomic mass is 32.2. The van der Waals surface area contributed by atoms with Crippen LogP contribution in [0.4, 0.5) is 0 Å². The molecule has 0 aromatic heterocycles. The summed E-state index contributed by atoms with van der Waals surface area (Å²) >= 11 is 0. The number of sulfone groups is 1. The molecule has 0 bridgehead atoms. The van der Waals surface area contributed by atoms with Crippen LogP contribution in [0.15, 0.2) is 52.9 Å². The molecule has 8 nitrogen and oxygen atoms in total. The number of ether oxygens (including phenoxy) is 1. The highest BCUT2D eigenvalue weighted by Crippen LogP contribution is 2.46. The van der Waals surface area contributed by atoms with Gasteiger partial charge in [0.2, 0.25) is 0 Å². The van der Waals surface area contributed by atoms with Crippen LogP contribution in [0.25, 0.3) is 5.57 Å². The molecule has 0 saturated heterocycles. The summed E-state index contributed by atoms with van der Waals surface area (Å²) in [6, 6.07) is 12.2. The maximum atomic E-state index is 14.5. The topological polar surface area (TPSA) is 130 Å². The van der Waals surface area contributed by atoms with Gasteiger partial charge in [-0.1, -0.05) is 70.9 Å². The first-order chi connectivity index (χ1) is 18.5. The van der Waals surface area contributed by atoms with Crippen LogP contribution in [-0.2, 0) is 19.4 Å². The largest absolute Gasteiger partial charge is 0.496 e. The van der Waals surface area contributed by atoms with E-state index in [1.54, 1.807) is 13.0 Å². The van der Waals surface area contributed by atoms with Crippen molar-refractivity contribution in [2.45, 2.75) is 87.9 Å². The Hall–Kier alpha value is -3.17. The lowest BCUT2D eigenvalue weighted by Crippen LogP contribution is -2.56. The van der Waals surface area contributed by atoms with Gasteiger partial charge in [-0.15, -0.1) is 0 Å². The summed E-state index contributed by atoms with van der Waals surface area (Å²) in [5.74, 6) is -2.98. The standard InChI is InChI=1S/C30H39NO7S/c1-6-10-16-30(9-4)25(8-3)39(36,37)24-18-21(20(7-2)26(28(32)33)29(34)35)23(38-5)17-22(24)27(31-30)19-14-12-11-13-15-19/h11-15,17-18,25,27,31H,6-10,16H2,1-5H3,(H,32,33)(H,34,35)/t25?,27-,30-/m1/s1. The maximum Gasteiger partial charge on any atom is 0.343 e. The van der Waals surface area contributed by atoms with E-state index in [0.717, 1.165) is 18.4 Å². The lowest BCUT2D eigenvalue weighted by Gasteiger charge is -2.41. The summed E-state index contributed by atoms with van der Waals surface area (Å²) in [6.07, 6.45) is 3.45. The molecule has 0 aliphatic carbocycles. The van der Waals surface area contributed by atoms with Crippen LogP contribution in [0.1, 0.15) is 89.0 Å². The molecule has 39 heavy (non-hydrogen) atoms. The van der Waals surface area contributed by atoms with Crippen molar-refractivity contribution < 1.29 is 33.0 Å². The smallest absolute Gasteiger partial charge is 0.343 e. The minimum Gasteiger partial charge on any atom is -0.496 e. The van der Waals surface area contributed by atoms with Crippen molar-refractivity contribution in [1.29, 1.82) is 0 Å². The molecular formula is C30H39NO7S. The number of nitrogens with one attached hydrogen (secondary N) is 1. The van der Waals surface area contributed by atoms with Crippen molar-refractivity contribution in [2.24, 2.45) is 0 Å². The molecule has 2 aromatic rings. The summed E-state index contributed by atoms with van der Waals surface area (Å²) in [5.41, 5.74) is 0.0122. The Morgan fingerprint density at radius 2 is 1.67 bits per heavy atom. The van der Waals surface area contributed by atoms with E-state index >= 15 is 0 Å². The number of allylic oxidation sites excluding steroid dienone is 1. The molecule has 1 unspecified atom stereocenters. The van der Waals surface area contributed by atoms with Gasteiger partial charge in [-0.3, -0.25) is 5.32 Å². The molecule has 0 amide bonds. The predicted octanol–water partition coefficient (Wildman–Crippen LogP) is 5.61. The summed E-state index contributed by atoms with van der Waals surface area (Å²) in [4.78, 5) is 23.9. The fourth-order valence-corrected chi connectivity index (χ4v) is 8.44. The lowest BCUT2D eigenvalue weighted by molar-refractivity contribution is -0.140. The third kappa shape index (κ3) is 5.61. The number of hydrogen-bond acceptors (Lipinski definition) is 6. The molecule has 212 valence electrons. The minimum absolute atomic E-state index is 0.000830. The molecule has 1 aliphatic rings. The van der Waals surface area contributed by atoms with Gasteiger partial charge in [-0.2, -0.15) is 0 Å². The highest BCUT2D eigenvalue weighted by Gasteiger charge is 2.49. The van der Waals surface area contributed by atoms with Crippen molar-refractivity contribution in [2.75, 3.05) is 7.11 Å². The second-order valence-corrected chi connectivity index (χ2v) is 12.0. The van der Waals surface area contributed by atoms with Crippen LogP contribution >= 0.6 is 0 Å². The zero-order chi connectivity index (χ0) is 29.0. The van der Waals surface area contributed by atoms with E-state index in [-0.39, 0.29) is 28.2 Å². The normalized spacial score (nSPS) is 21.9. The molecule has 9 heteroatoms. The Bertz CT molecular complexity index is 1330. The van der Waals surface area contributed by atoms with E-state index in [1.165, 1.54) is 13.2 Å². The van der Waals surface area contributed by atoms with Gasteiger partial charge in [0.25, 0.3) is 0 Å². The number of hydrogen-bond donors (Lipinski definition) is 3. The molecule has 0 saturated carbocycles. The summed E-state index contributed by atoms with van der Waals surface area (Å²) < 4.78 is 34.7. The third-order valence-corrected chi connectivity index (χ3v) is 10.4. The van der Waals surface area contributed by atoms with Gasteiger partial charge in [0.15, 0.2) is 9.84 Å². The van der Waals surface area contributed by atoms with E-state index in [9.17, 15) is 28.2 Å². The van der Waals surface area contributed by atoms with Gasteiger partial charge in [-0.25, -0.2) is 18.0 Å². The van der Waals surface area contributed by atoms with Crippen molar-refractivity contribution in [1.82, 2.24) is 5.32 Å². The SMILES string of the molecule is CCCC[C@@]1(CC)N[C@H](c2ccccc2)c2cc(OC)c(C(CC)=C(C(=O)O)C(=O)O)cc2S(=O)(=O)C1CC. The highest BCUT2D eigenvalue weighted by molar-refractivity contribution is 7.92. The number of carboxylic acids is 2. The quantitative estimate of drug-likeness (QED) is 0.185. The second-order valence-electron chi connectivity index (χ2n) is 9.95. The summed E-state index contributed by atoms with van der Waals surface area (Å²) in [5, 5.41) is 22.4. The van der Waals surface area contributed by atoms with Crippen molar-refractivity contribution in [3.63, 3.8) is 0 Å². The number of fused-ring (bicyclic) bond motifs is 1. The van der Waals surface area contributed by atoms with E-state index in [0.29, 0.717) is 24.8 Å². The van der Waals surface area contributed by atoms with E-state index < -0.39 is 44.2 Å². The van der Waals surface area contributed by atoms with Crippen LogP contribution in [0, 0.1) is 0 Å². The molecule has 3 N–H and O–H groups in total. The fourth-order valence-electron chi connectivity index (χ4n) is 5.96. The molecular weight excluding hydrogens is 518 g/mol. The first-order valence-corrected chi connectivity index (χ1v) is 15.1. The van der Waals surface area contributed by atoms with Gasteiger partial charge in [0.1, 0.15) is 11.3 Å². The average molecular weight is 558 g/mol. The van der Waals surface area contributed by atoms with E-state index in [4.69, 9.17) is 4.74 Å². The number of benzene rings is 2. The first kappa shape index (κ1) is 30.4. The zero-order valence-corrected chi connectivity index (χ0v) is 24.1. The van der Waals surface area contributed by atoms with Crippen LogP contribution in [0.5, 0.6) is 5.75 Å². The first-order valence-electron chi connectivity index (χ1n) is 13.5. The fraction of sp³-hybridized carbons (Fsp3) is 0.467. The number of carboxylic acid groups (broad SMARTS) is 2. The second kappa shape index (κ2) is 12.3. The zero-order valence-electron chi connectivity index (χ0n) is 23.3. The van der Waals surface area contributed by atoms with Gasteiger partial charge < -0.3 is 14.9 Å². The molecule has 1 heterocycles. The van der Waals surface area contributed by atoms with Gasteiger partial charge >= 0.3 is 11.9 Å². The molecule has 1 aliphatic heterocycles. The maximum absolute atomic E-state index is 14.5.